The third-order valence-corrected chi connectivity index (χ3v) is 4.21. The number of aliphatic imine (C=N–C) groups is 1. The van der Waals surface area contributed by atoms with E-state index < -0.39 is 0 Å². The lowest BCUT2D eigenvalue weighted by molar-refractivity contribution is 0.411. The first-order chi connectivity index (χ1) is 10.9. The predicted octanol–water partition coefficient (Wildman–Crippen LogP) is 4.99. The Morgan fingerprint density at radius 2 is 1.78 bits per heavy atom. The van der Waals surface area contributed by atoms with Crippen LogP contribution in [0.2, 0.25) is 0 Å². The Kier molecular flexibility index (Phi) is 4.36. The van der Waals surface area contributed by atoms with Gasteiger partial charge in [-0.15, -0.1) is 0 Å². The quantitative estimate of drug-likeness (QED) is 0.852. The Morgan fingerprint density at radius 1 is 1.04 bits per heavy atom. The Balaban J connectivity index is 1.85. The molecule has 1 unspecified atom stereocenters. The molecule has 2 heteroatoms. The summed E-state index contributed by atoms with van der Waals surface area (Å²) in [6.07, 6.45) is 2.80. The van der Waals surface area contributed by atoms with Gasteiger partial charge in [0.2, 0.25) is 0 Å². The van der Waals surface area contributed by atoms with Crippen molar-refractivity contribution in [2.75, 3.05) is 0 Å². The van der Waals surface area contributed by atoms with Crippen molar-refractivity contribution < 1.29 is 0 Å². The summed E-state index contributed by atoms with van der Waals surface area (Å²) in [4.78, 5) is 4.87. The number of fused-ring (bicyclic) bond motifs is 1. The van der Waals surface area contributed by atoms with Crippen molar-refractivity contribution >= 4 is 11.4 Å². The first kappa shape index (κ1) is 15.9. The molecule has 0 amide bonds. The van der Waals surface area contributed by atoms with Crippen LogP contribution in [0, 0.1) is 5.41 Å². The number of hydrogen-bond acceptors (Lipinski definition) is 2. The summed E-state index contributed by atoms with van der Waals surface area (Å²) >= 11 is 0. The molecular weight excluding hydrogens is 280 g/mol. The average Bonchev–Trinajstić information content (AvgIpc) is 2.47. The van der Waals surface area contributed by atoms with E-state index in [1.165, 1.54) is 22.4 Å². The van der Waals surface area contributed by atoms with Crippen LogP contribution >= 0.6 is 0 Å². The summed E-state index contributed by atoms with van der Waals surface area (Å²) in [6, 6.07) is 17.1. The maximum atomic E-state index is 6.44. The van der Waals surface area contributed by atoms with Crippen LogP contribution in [0.1, 0.15) is 49.9 Å². The summed E-state index contributed by atoms with van der Waals surface area (Å²) in [7, 11) is 0. The smallest absolute Gasteiger partial charge is 0.0677 e. The second-order valence-corrected chi connectivity index (χ2v) is 7.78. The molecule has 2 nitrogen and oxygen atoms in total. The Labute approximate surface area is 139 Å². The summed E-state index contributed by atoms with van der Waals surface area (Å²) in [6.45, 7) is 6.80. The lowest BCUT2D eigenvalue weighted by Crippen LogP contribution is -2.21. The van der Waals surface area contributed by atoms with Crippen molar-refractivity contribution in [1.82, 2.24) is 0 Å². The minimum atomic E-state index is 0.0566. The van der Waals surface area contributed by atoms with Crippen LogP contribution in [0.15, 0.2) is 53.5 Å². The molecule has 0 saturated carbocycles. The highest BCUT2D eigenvalue weighted by Crippen LogP contribution is 2.34. The summed E-state index contributed by atoms with van der Waals surface area (Å²) in [5.41, 5.74) is 12.8. The molecule has 0 bridgehead atoms. The van der Waals surface area contributed by atoms with Gasteiger partial charge in [0.15, 0.2) is 0 Å². The van der Waals surface area contributed by atoms with Gasteiger partial charge < -0.3 is 5.73 Å². The number of nitrogens with two attached hydrogens (primary N) is 1. The first-order valence-corrected chi connectivity index (χ1v) is 8.39. The normalized spacial score (nSPS) is 17.6. The number of hydrogen-bond donors (Lipinski definition) is 1. The van der Waals surface area contributed by atoms with E-state index in [4.69, 9.17) is 10.7 Å². The SMILES string of the molecule is CC(C)(C)Cc1ccc2c(c1)C(N)CC(Cc1ccccc1)=N2. The van der Waals surface area contributed by atoms with Crippen LogP contribution in [0.5, 0.6) is 0 Å². The van der Waals surface area contributed by atoms with Gasteiger partial charge in [0, 0.05) is 24.6 Å². The zero-order valence-electron chi connectivity index (χ0n) is 14.3. The highest BCUT2D eigenvalue weighted by molar-refractivity contribution is 5.91. The van der Waals surface area contributed by atoms with Crippen LogP contribution in [-0.2, 0) is 12.8 Å². The van der Waals surface area contributed by atoms with Gasteiger partial charge in [-0.25, -0.2) is 0 Å². The third kappa shape index (κ3) is 4.08. The van der Waals surface area contributed by atoms with Gasteiger partial charge in [0.1, 0.15) is 0 Å². The van der Waals surface area contributed by atoms with Crippen molar-refractivity contribution in [3.05, 3.63) is 65.2 Å². The van der Waals surface area contributed by atoms with Crippen molar-refractivity contribution in [3.63, 3.8) is 0 Å². The molecule has 1 aliphatic heterocycles. The zero-order valence-corrected chi connectivity index (χ0v) is 14.3. The summed E-state index contributed by atoms with van der Waals surface area (Å²) in [5, 5.41) is 0. The van der Waals surface area contributed by atoms with Crippen LogP contribution in [0.4, 0.5) is 5.69 Å². The molecule has 1 heterocycles. The van der Waals surface area contributed by atoms with Gasteiger partial charge in [-0.3, -0.25) is 4.99 Å². The van der Waals surface area contributed by atoms with Crippen molar-refractivity contribution in [3.8, 4) is 0 Å². The van der Waals surface area contributed by atoms with E-state index in [1.807, 2.05) is 6.07 Å². The van der Waals surface area contributed by atoms with E-state index in [2.05, 4.69) is 63.2 Å². The Bertz CT molecular complexity index is 708. The highest BCUT2D eigenvalue weighted by Gasteiger charge is 2.21. The van der Waals surface area contributed by atoms with Gasteiger partial charge >= 0.3 is 0 Å². The summed E-state index contributed by atoms with van der Waals surface area (Å²) in [5.74, 6) is 0. The van der Waals surface area contributed by atoms with Crippen molar-refractivity contribution in [1.29, 1.82) is 0 Å². The number of nitrogens with zero attached hydrogens (tertiary/aromatic N) is 1. The molecule has 23 heavy (non-hydrogen) atoms. The monoisotopic (exact) mass is 306 g/mol. The fourth-order valence-electron chi connectivity index (χ4n) is 3.25. The molecule has 2 aromatic rings. The highest BCUT2D eigenvalue weighted by atomic mass is 14.8. The fourth-order valence-corrected chi connectivity index (χ4v) is 3.25. The first-order valence-electron chi connectivity index (χ1n) is 8.39. The molecule has 2 aromatic carbocycles. The molecule has 1 aliphatic rings. The van der Waals surface area contributed by atoms with Gasteiger partial charge in [-0.05, 0) is 34.6 Å². The number of rotatable bonds is 3. The van der Waals surface area contributed by atoms with E-state index in [-0.39, 0.29) is 11.5 Å². The second-order valence-electron chi connectivity index (χ2n) is 7.78. The predicted molar refractivity (Wildman–Crippen MR) is 98.4 cm³/mol. The largest absolute Gasteiger partial charge is 0.324 e. The van der Waals surface area contributed by atoms with E-state index in [0.717, 1.165) is 24.9 Å². The van der Waals surface area contributed by atoms with Crippen LogP contribution < -0.4 is 5.73 Å². The van der Waals surface area contributed by atoms with Gasteiger partial charge in [0.05, 0.1) is 5.69 Å². The van der Waals surface area contributed by atoms with Crippen molar-refractivity contribution in [2.45, 2.75) is 46.1 Å². The standard InChI is InChI=1S/C21H26N2/c1-21(2,3)14-16-9-10-20-18(12-16)19(22)13-17(23-20)11-15-7-5-4-6-8-15/h4-10,12,19H,11,13-14,22H2,1-3H3. The van der Waals surface area contributed by atoms with E-state index in [9.17, 15) is 0 Å². The van der Waals surface area contributed by atoms with Gasteiger partial charge in [0.25, 0.3) is 0 Å². The van der Waals surface area contributed by atoms with Crippen LogP contribution in [0.25, 0.3) is 0 Å². The van der Waals surface area contributed by atoms with Crippen molar-refractivity contribution in [2.24, 2.45) is 16.1 Å². The summed E-state index contributed by atoms with van der Waals surface area (Å²) < 4.78 is 0. The molecule has 0 aromatic heterocycles. The average molecular weight is 306 g/mol. The Morgan fingerprint density at radius 3 is 2.48 bits per heavy atom. The van der Waals surface area contributed by atoms with Gasteiger partial charge in [-0.1, -0.05) is 63.2 Å². The molecule has 0 aliphatic carbocycles. The lowest BCUT2D eigenvalue weighted by atomic mass is 9.85. The lowest BCUT2D eigenvalue weighted by Gasteiger charge is -2.24. The second kappa shape index (κ2) is 6.29. The molecule has 0 spiro atoms. The number of benzene rings is 2. The van der Waals surface area contributed by atoms with Gasteiger partial charge in [-0.2, -0.15) is 0 Å². The van der Waals surface area contributed by atoms with Crippen LogP contribution in [0.3, 0.4) is 0 Å². The minimum Gasteiger partial charge on any atom is -0.324 e. The maximum absolute atomic E-state index is 6.44. The maximum Gasteiger partial charge on any atom is 0.0677 e. The molecule has 0 radical (unpaired) electrons. The zero-order chi connectivity index (χ0) is 16.4. The molecule has 0 saturated heterocycles. The van der Waals surface area contributed by atoms with E-state index in [0.29, 0.717) is 0 Å². The van der Waals surface area contributed by atoms with Crippen LogP contribution in [-0.4, -0.2) is 5.71 Å². The molecule has 2 N–H and O–H groups in total. The third-order valence-electron chi connectivity index (χ3n) is 4.21. The molecule has 3 rings (SSSR count). The molecule has 1 atom stereocenters. The topological polar surface area (TPSA) is 38.4 Å². The molecule has 0 fully saturated rings. The Hall–Kier alpha value is -1.93. The van der Waals surface area contributed by atoms with E-state index >= 15 is 0 Å². The van der Waals surface area contributed by atoms with E-state index in [1.54, 1.807) is 0 Å². The minimum absolute atomic E-state index is 0.0566. The molecule has 120 valence electrons. The fraction of sp³-hybridized carbons (Fsp3) is 0.381. The molecular formula is C21H26N2.